The SMILES string of the molecule is COc1ccc(CN(Cc2ccc(OC)cc2)c2cc(C)c(C(F)(F)F)c(-c3cc4c5c(c3Cl)NCN=C5N(Cc3cncnc3N)C=CO4)n2)cc1. The van der Waals surface area contributed by atoms with Crippen molar-refractivity contribution in [1.82, 2.24) is 19.9 Å². The highest BCUT2D eigenvalue weighted by Gasteiger charge is 2.39. The Kier molecular flexibility index (Phi) is 9.71. The van der Waals surface area contributed by atoms with Crippen LogP contribution in [0.2, 0.25) is 5.02 Å². The Labute approximate surface area is 308 Å². The minimum absolute atomic E-state index is 0.0171. The van der Waals surface area contributed by atoms with Gasteiger partial charge in [-0.05, 0) is 60.0 Å². The van der Waals surface area contributed by atoms with Crippen LogP contribution in [0.4, 0.5) is 30.5 Å². The van der Waals surface area contributed by atoms with E-state index >= 15 is 13.2 Å². The number of nitrogens with one attached hydrogen (secondary N) is 1. The molecule has 0 aliphatic carbocycles. The van der Waals surface area contributed by atoms with Crippen molar-refractivity contribution in [3.05, 3.63) is 124 Å². The van der Waals surface area contributed by atoms with E-state index in [0.717, 1.165) is 11.1 Å². The second kappa shape index (κ2) is 14.5. The van der Waals surface area contributed by atoms with Crippen molar-refractivity contribution >= 4 is 34.8 Å². The molecule has 3 aromatic carbocycles. The third kappa shape index (κ3) is 7.22. The molecule has 15 heteroatoms. The van der Waals surface area contributed by atoms with Gasteiger partial charge in [0.2, 0.25) is 0 Å². The van der Waals surface area contributed by atoms with Crippen LogP contribution in [0.25, 0.3) is 11.3 Å². The number of nitrogen functional groups attached to an aromatic ring is 1. The summed E-state index contributed by atoms with van der Waals surface area (Å²) in [6.45, 7) is 2.45. The van der Waals surface area contributed by atoms with E-state index in [0.29, 0.717) is 58.9 Å². The molecular weight excluding hydrogens is 709 g/mol. The van der Waals surface area contributed by atoms with E-state index in [1.54, 1.807) is 31.5 Å². The molecule has 0 radical (unpaired) electrons. The lowest BCUT2D eigenvalue weighted by Gasteiger charge is -2.29. The Hall–Kier alpha value is -6.02. The van der Waals surface area contributed by atoms with Crippen LogP contribution < -0.4 is 30.2 Å². The molecular formula is C38H34ClF3N8O3. The van der Waals surface area contributed by atoms with Gasteiger partial charge in [0.05, 0.1) is 48.3 Å². The molecule has 7 rings (SSSR count). The van der Waals surface area contributed by atoms with Crippen molar-refractivity contribution in [2.24, 2.45) is 4.99 Å². The van der Waals surface area contributed by atoms with Gasteiger partial charge in [-0.2, -0.15) is 13.2 Å². The van der Waals surface area contributed by atoms with Crippen LogP contribution in [-0.2, 0) is 25.8 Å². The number of nitrogens with zero attached hydrogens (tertiary/aromatic N) is 6. The lowest BCUT2D eigenvalue weighted by atomic mass is 9.97. The van der Waals surface area contributed by atoms with E-state index in [4.69, 9.17) is 36.5 Å². The highest BCUT2D eigenvalue weighted by Crippen LogP contribution is 2.48. The molecule has 3 N–H and O–H groups in total. The van der Waals surface area contributed by atoms with E-state index < -0.39 is 11.7 Å². The number of amidine groups is 1. The molecule has 0 saturated carbocycles. The zero-order valence-electron chi connectivity index (χ0n) is 28.9. The number of aromatic nitrogens is 3. The molecule has 2 aromatic heterocycles. The molecule has 0 amide bonds. The third-order valence-electron chi connectivity index (χ3n) is 8.94. The van der Waals surface area contributed by atoms with Gasteiger partial charge in [-0.15, -0.1) is 0 Å². The van der Waals surface area contributed by atoms with Gasteiger partial charge in [0.15, 0.2) is 0 Å². The van der Waals surface area contributed by atoms with Gasteiger partial charge in [-0.25, -0.2) is 19.9 Å². The van der Waals surface area contributed by atoms with Gasteiger partial charge in [0, 0.05) is 36.6 Å². The molecule has 0 fully saturated rings. The minimum atomic E-state index is -4.76. The fourth-order valence-electron chi connectivity index (χ4n) is 6.33. The van der Waals surface area contributed by atoms with E-state index in [1.165, 1.54) is 31.6 Å². The summed E-state index contributed by atoms with van der Waals surface area (Å²) < 4.78 is 61.8. The van der Waals surface area contributed by atoms with Crippen LogP contribution in [0.15, 0.2) is 90.6 Å². The van der Waals surface area contributed by atoms with Crippen molar-refractivity contribution in [3.63, 3.8) is 0 Å². The van der Waals surface area contributed by atoms with Crippen LogP contribution in [0.5, 0.6) is 17.2 Å². The molecule has 5 aromatic rings. The van der Waals surface area contributed by atoms with Gasteiger partial charge in [0.25, 0.3) is 0 Å². The van der Waals surface area contributed by atoms with Gasteiger partial charge in [0.1, 0.15) is 54.0 Å². The number of hydrogen-bond acceptors (Lipinski definition) is 11. The van der Waals surface area contributed by atoms with Crippen molar-refractivity contribution in [1.29, 1.82) is 0 Å². The third-order valence-corrected chi connectivity index (χ3v) is 9.33. The number of alkyl halides is 3. The first kappa shape index (κ1) is 35.4. The standard InChI is InChI=1S/C38H34ClF3N8O3/c1-22-14-30(50(17-23-4-8-26(51-2)9-5-23)18-24-6-10-27(52-3)11-7-24)48-34(32(22)38(40,41)42)28-15-29-31-35(33(28)39)45-21-47-37(31)49(12-13-53-29)19-25-16-44-20-46-36(25)43/h4-16,20,45H,17-19,21H2,1-3H3,(H2,43,44,46). The average molecular weight is 743 g/mol. The van der Waals surface area contributed by atoms with Gasteiger partial charge in [-0.3, -0.25) is 0 Å². The van der Waals surface area contributed by atoms with Crippen LogP contribution in [0, 0.1) is 6.92 Å². The summed E-state index contributed by atoms with van der Waals surface area (Å²) in [5.74, 6) is 2.72. The normalized spacial score (nSPS) is 13.3. The highest BCUT2D eigenvalue weighted by atomic mass is 35.5. The second-order valence-electron chi connectivity index (χ2n) is 12.3. The number of benzene rings is 3. The summed E-state index contributed by atoms with van der Waals surface area (Å²) in [5.41, 5.74) is 8.17. The minimum Gasteiger partial charge on any atom is -0.497 e. The summed E-state index contributed by atoms with van der Waals surface area (Å²) in [4.78, 5) is 21.3. The van der Waals surface area contributed by atoms with Crippen LogP contribution in [0.3, 0.4) is 0 Å². The molecule has 0 atom stereocenters. The van der Waals surface area contributed by atoms with Crippen molar-refractivity contribution < 1.29 is 27.4 Å². The van der Waals surface area contributed by atoms with E-state index in [2.05, 4.69) is 20.3 Å². The molecule has 2 aliphatic heterocycles. The maximum absolute atomic E-state index is 15.0. The number of pyridine rings is 1. The monoisotopic (exact) mass is 742 g/mol. The first-order valence-electron chi connectivity index (χ1n) is 16.4. The number of ether oxygens (including phenoxy) is 3. The Bertz CT molecular complexity index is 2160. The Morgan fingerprint density at radius 3 is 2.26 bits per heavy atom. The summed E-state index contributed by atoms with van der Waals surface area (Å²) in [6.07, 6.45) is 1.29. The van der Waals surface area contributed by atoms with Gasteiger partial charge in [-0.1, -0.05) is 35.9 Å². The van der Waals surface area contributed by atoms with Crippen molar-refractivity contribution in [3.8, 4) is 28.5 Å². The Morgan fingerprint density at radius 2 is 1.66 bits per heavy atom. The largest absolute Gasteiger partial charge is 0.497 e. The molecule has 0 saturated heterocycles. The Balaban J connectivity index is 1.35. The fourth-order valence-corrected chi connectivity index (χ4v) is 6.64. The first-order valence-corrected chi connectivity index (χ1v) is 16.8. The predicted molar refractivity (Wildman–Crippen MR) is 197 cm³/mol. The molecule has 4 heterocycles. The van der Waals surface area contributed by atoms with Crippen LogP contribution in [0.1, 0.15) is 33.4 Å². The van der Waals surface area contributed by atoms with Crippen molar-refractivity contribution in [2.45, 2.75) is 32.7 Å². The quantitative estimate of drug-likeness (QED) is 0.146. The number of rotatable bonds is 10. The zero-order valence-corrected chi connectivity index (χ0v) is 29.7. The predicted octanol–water partition coefficient (Wildman–Crippen LogP) is 7.82. The maximum atomic E-state index is 15.0. The van der Waals surface area contributed by atoms with Crippen LogP contribution >= 0.6 is 11.6 Å². The summed E-state index contributed by atoms with van der Waals surface area (Å²) in [7, 11) is 3.17. The fraction of sp³-hybridized carbons (Fsp3) is 0.211. The molecule has 0 bridgehead atoms. The highest BCUT2D eigenvalue weighted by molar-refractivity contribution is 6.37. The lowest BCUT2D eigenvalue weighted by Crippen LogP contribution is -2.30. The van der Waals surface area contributed by atoms with Crippen LogP contribution in [-0.4, -0.2) is 46.6 Å². The summed E-state index contributed by atoms with van der Waals surface area (Å²) >= 11 is 7.09. The van der Waals surface area contributed by atoms with E-state index in [9.17, 15) is 0 Å². The molecule has 0 unspecified atom stereocenters. The topological polar surface area (TPSA) is 123 Å². The summed E-state index contributed by atoms with van der Waals surface area (Å²) in [5, 5.41) is 3.19. The van der Waals surface area contributed by atoms with E-state index in [1.807, 2.05) is 53.4 Å². The zero-order chi connectivity index (χ0) is 37.3. The number of aryl methyl sites for hydroxylation is 1. The molecule has 2 aliphatic rings. The van der Waals surface area contributed by atoms with E-state index in [-0.39, 0.29) is 40.8 Å². The number of anilines is 3. The molecule has 0 spiro atoms. The number of halogens is 4. The second-order valence-corrected chi connectivity index (χ2v) is 12.7. The Morgan fingerprint density at radius 1 is 1.00 bits per heavy atom. The average Bonchev–Trinajstić information content (AvgIpc) is 3.32. The van der Waals surface area contributed by atoms with Crippen molar-refractivity contribution in [2.75, 3.05) is 36.8 Å². The lowest BCUT2D eigenvalue weighted by molar-refractivity contribution is -0.137. The van der Waals surface area contributed by atoms with Gasteiger partial charge >= 0.3 is 6.18 Å². The first-order chi connectivity index (χ1) is 25.5. The summed E-state index contributed by atoms with van der Waals surface area (Å²) in [6, 6.07) is 17.9. The molecule has 53 heavy (non-hydrogen) atoms. The number of aliphatic imine (C=N–C) groups is 1. The molecule has 11 nitrogen and oxygen atoms in total. The maximum Gasteiger partial charge on any atom is 0.418 e. The number of hydrogen-bond donors (Lipinski definition) is 2. The number of methoxy groups -OCH3 is 2. The smallest absolute Gasteiger partial charge is 0.418 e. The van der Waals surface area contributed by atoms with Gasteiger partial charge < -0.3 is 35.1 Å². The molecule has 272 valence electrons. The number of nitrogens with two attached hydrogens (primary N) is 1.